The molecule has 0 bridgehead atoms. The predicted octanol–water partition coefficient (Wildman–Crippen LogP) is 2.26. The maximum absolute atomic E-state index is 10.8. The fourth-order valence-electron chi connectivity index (χ4n) is 1.24. The van der Waals surface area contributed by atoms with Crippen LogP contribution in [0.15, 0.2) is 9.64 Å². The largest absolute Gasteiger partial charge is 0.479 e. The SMILES string of the molecule is CCOC(CCSc1nc(C)c(C)o1)C(=O)O. The molecule has 1 unspecified atom stereocenters. The number of carbonyl (C=O) groups is 1. The molecule has 0 aliphatic heterocycles. The van der Waals surface area contributed by atoms with Gasteiger partial charge in [0.05, 0.1) is 5.69 Å². The zero-order valence-corrected chi connectivity index (χ0v) is 11.0. The van der Waals surface area contributed by atoms with E-state index < -0.39 is 12.1 Å². The predicted molar refractivity (Wildman–Crippen MR) is 64.4 cm³/mol. The molecule has 96 valence electrons. The molecule has 6 heteroatoms. The third-order valence-electron chi connectivity index (χ3n) is 2.26. The molecule has 1 rings (SSSR count). The van der Waals surface area contributed by atoms with Crippen molar-refractivity contribution < 1.29 is 19.1 Å². The number of aryl methyl sites for hydroxylation is 2. The summed E-state index contributed by atoms with van der Waals surface area (Å²) in [6.07, 6.45) is -0.307. The van der Waals surface area contributed by atoms with E-state index in [1.807, 2.05) is 13.8 Å². The molecule has 0 spiro atoms. The van der Waals surface area contributed by atoms with Gasteiger partial charge in [-0.2, -0.15) is 0 Å². The Hall–Kier alpha value is -1.01. The topological polar surface area (TPSA) is 72.6 Å². The van der Waals surface area contributed by atoms with Crippen molar-refractivity contribution >= 4 is 17.7 Å². The zero-order valence-electron chi connectivity index (χ0n) is 10.2. The average molecular weight is 259 g/mol. The second-order valence-electron chi connectivity index (χ2n) is 3.54. The highest BCUT2D eigenvalue weighted by Gasteiger charge is 2.17. The summed E-state index contributed by atoms with van der Waals surface area (Å²) in [6, 6.07) is 0. The van der Waals surface area contributed by atoms with Crippen LogP contribution in [0.3, 0.4) is 0 Å². The van der Waals surface area contributed by atoms with Gasteiger partial charge in [-0.3, -0.25) is 0 Å². The number of thioether (sulfide) groups is 1. The van der Waals surface area contributed by atoms with E-state index >= 15 is 0 Å². The Labute approximate surface area is 105 Å². The molecule has 0 saturated carbocycles. The number of oxazole rings is 1. The van der Waals surface area contributed by atoms with Crippen molar-refractivity contribution in [2.45, 2.75) is 38.5 Å². The second-order valence-corrected chi connectivity index (χ2v) is 4.59. The first-order chi connectivity index (χ1) is 8.04. The number of rotatable bonds is 7. The molecule has 0 fully saturated rings. The van der Waals surface area contributed by atoms with Gasteiger partial charge in [-0.25, -0.2) is 9.78 Å². The number of hydrogen-bond donors (Lipinski definition) is 1. The average Bonchev–Trinajstić information content (AvgIpc) is 2.57. The number of ether oxygens (including phenoxy) is 1. The Balaban J connectivity index is 2.38. The second kappa shape index (κ2) is 6.66. The van der Waals surface area contributed by atoms with Crippen molar-refractivity contribution in [2.24, 2.45) is 0 Å². The summed E-state index contributed by atoms with van der Waals surface area (Å²) in [5.41, 5.74) is 0.868. The molecule has 0 aliphatic carbocycles. The normalized spacial score (nSPS) is 12.6. The highest BCUT2D eigenvalue weighted by molar-refractivity contribution is 7.99. The van der Waals surface area contributed by atoms with Crippen LogP contribution in [0.1, 0.15) is 24.8 Å². The molecule has 0 saturated heterocycles. The van der Waals surface area contributed by atoms with Crippen molar-refractivity contribution in [1.29, 1.82) is 0 Å². The van der Waals surface area contributed by atoms with Gasteiger partial charge < -0.3 is 14.3 Å². The fraction of sp³-hybridized carbons (Fsp3) is 0.636. The van der Waals surface area contributed by atoms with Crippen molar-refractivity contribution in [3.05, 3.63) is 11.5 Å². The summed E-state index contributed by atoms with van der Waals surface area (Å²) >= 11 is 1.41. The van der Waals surface area contributed by atoms with Gasteiger partial charge in [0.15, 0.2) is 6.10 Å². The van der Waals surface area contributed by atoms with Crippen LogP contribution in [0, 0.1) is 13.8 Å². The highest BCUT2D eigenvalue weighted by Crippen LogP contribution is 2.21. The van der Waals surface area contributed by atoms with Crippen LogP contribution in [0.2, 0.25) is 0 Å². The summed E-state index contributed by atoms with van der Waals surface area (Å²) in [4.78, 5) is 15.0. The van der Waals surface area contributed by atoms with Crippen molar-refractivity contribution in [3.63, 3.8) is 0 Å². The van der Waals surface area contributed by atoms with Crippen LogP contribution in [-0.4, -0.2) is 34.5 Å². The first-order valence-electron chi connectivity index (χ1n) is 5.45. The van der Waals surface area contributed by atoms with Gasteiger partial charge in [0.2, 0.25) is 0 Å². The highest BCUT2D eigenvalue weighted by atomic mass is 32.2. The van der Waals surface area contributed by atoms with Crippen molar-refractivity contribution in [2.75, 3.05) is 12.4 Å². The Morgan fingerprint density at radius 3 is 2.76 bits per heavy atom. The molecule has 0 radical (unpaired) electrons. The van der Waals surface area contributed by atoms with E-state index in [2.05, 4.69) is 4.98 Å². The molecule has 1 aromatic rings. The third-order valence-corrected chi connectivity index (χ3v) is 3.12. The van der Waals surface area contributed by atoms with Crippen LogP contribution >= 0.6 is 11.8 Å². The molecule has 1 atom stereocenters. The molecule has 1 heterocycles. The number of nitrogens with zero attached hydrogens (tertiary/aromatic N) is 1. The van der Waals surface area contributed by atoms with Crippen LogP contribution in [0.25, 0.3) is 0 Å². The minimum absolute atomic E-state index is 0.402. The summed E-state index contributed by atoms with van der Waals surface area (Å²) in [6.45, 7) is 5.92. The van der Waals surface area contributed by atoms with E-state index in [-0.39, 0.29) is 0 Å². The van der Waals surface area contributed by atoms with Gasteiger partial charge in [-0.15, -0.1) is 0 Å². The molecular formula is C11H17NO4S. The van der Waals surface area contributed by atoms with Gasteiger partial charge in [-0.1, -0.05) is 11.8 Å². The summed E-state index contributed by atoms with van der Waals surface area (Å²) in [7, 11) is 0. The summed E-state index contributed by atoms with van der Waals surface area (Å²) in [5, 5.41) is 9.46. The third kappa shape index (κ3) is 4.40. The molecule has 0 aliphatic rings. The monoisotopic (exact) mass is 259 g/mol. The maximum Gasteiger partial charge on any atom is 0.332 e. The number of carboxylic acid groups (broad SMARTS) is 1. The van der Waals surface area contributed by atoms with Gasteiger partial charge in [0.25, 0.3) is 5.22 Å². The van der Waals surface area contributed by atoms with E-state index in [1.54, 1.807) is 6.92 Å². The van der Waals surface area contributed by atoms with E-state index in [0.29, 0.717) is 24.0 Å². The van der Waals surface area contributed by atoms with Crippen LogP contribution in [0.4, 0.5) is 0 Å². The quantitative estimate of drug-likeness (QED) is 0.757. The van der Waals surface area contributed by atoms with Crippen molar-refractivity contribution in [1.82, 2.24) is 4.98 Å². The van der Waals surface area contributed by atoms with Crippen LogP contribution in [0.5, 0.6) is 0 Å². The minimum atomic E-state index is -0.924. The number of carboxylic acids is 1. The maximum atomic E-state index is 10.8. The first-order valence-corrected chi connectivity index (χ1v) is 6.44. The van der Waals surface area contributed by atoms with E-state index in [9.17, 15) is 4.79 Å². The zero-order chi connectivity index (χ0) is 12.8. The number of aromatic nitrogens is 1. The standard InChI is InChI=1S/C11H17NO4S/c1-4-15-9(10(13)14)5-6-17-11-12-7(2)8(3)16-11/h9H,4-6H2,1-3H3,(H,13,14). The van der Waals surface area contributed by atoms with Gasteiger partial charge in [0, 0.05) is 12.4 Å². The molecule has 1 N–H and O–H groups in total. The Morgan fingerprint density at radius 2 is 2.29 bits per heavy atom. The molecular weight excluding hydrogens is 242 g/mol. The molecule has 17 heavy (non-hydrogen) atoms. The molecule has 5 nitrogen and oxygen atoms in total. The lowest BCUT2D eigenvalue weighted by Crippen LogP contribution is -2.24. The molecule has 0 aromatic carbocycles. The Kier molecular flexibility index (Phi) is 5.50. The first kappa shape index (κ1) is 14.1. The number of hydrogen-bond acceptors (Lipinski definition) is 5. The van der Waals surface area contributed by atoms with E-state index in [4.69, 9.17) is 14.3 Å². The Bertz CT molecular complexity index is 358. The van der Waals surface area contributed by atoms with Crippen LogP contribution < -0.4 is 0 Å². The van der Waals surface area contributed by atoms with Crippen LogP contribution in [-0.2, 0) is 9.53 Å². The van der Waals surface area contributed by atoms with E-state index in [1.165, 1.54) is 11.8 Å². The lowest BCUT2D eigenvalue weighted by molar-refractivity contribution is -0.150. The van der Waals surface area contributed by atoms with Gasteiger partial charge in [-0.05, 0) is 27.2 Å². The molecule has 1 aromatic heterocycles. The van der Waals surface area contributed by atoms with Crippen molar-refractivity contribution in [3.8, 4) is 0 Å². The Morgan fingerprint density at radius 1 is 1.59 bits per heavy atom. The lowest BCUT2D eigenvalue weighted by atomic mass is 10.3. The summed E-state index contributed by atoms with van der Waals surface area (Å²) < 4.78 is 10.5. The molecule has 0 amide bonds. The lowest BCUT2D eigenvalue weighted by Gasteiger charge is -2.10. The van der Waals surface area contributed by atoms with Gasteiger partial charge in [0.1, 0.15) is 5.76 Å². The minimum Gasteiger partial charge on any atom is -0.479 e. The van der Waals surface area contributed by atoms with E-state index in [0.717, 1.165) is 11.5 Å². The smallest absolute Gasteiger partial charge is 0.332 e. The number of aliphatic carboxylic acids is 1. The van der Waals surface area contributed by atoms with Gasteiger partial charge >= 0.3 is 5.97 Å². The fourth-order valence-corrected chi connectivity index (χ4v) is 2.13. The summed E-state index contributed by atoms with van der Waals surface area (Å²) in [5.74, 6) is 0.482.